The Bertz CT molecular complexity index is 695. The topological polar surface area (TPSA) is 77.6 Å². The first kappa shape index (κ1) is 15.0. The van der Waals surface area contributed by atoms with Crippen LogP contribution < -0.4 is 5.43 Å². The zero-order chi connectivity index (χ0) is 16.1. The van der Waals surface area contributed by atoms with E-state index in [9.17, 15) is 9.59 Å². The second-order valence-electron chi connectivity index (χ2n) is 5.50. The zero-order valence-corrected chi connectivity index (χ0v) is 12.6. The standard InChI is InChI=1S/C17H18N4O2/c22-16(20-19-10-15-7-4-8-18-15)12-21-11-14(9-17(21)23)13-5-2-1-3-6-13/h1-8,10,14,18H,9,11-12H2,(H,20,22)/b19-10-/t14-/m1/s1. The fourth-order valence-corrected chi connectivity index (χ4v) is 2.68. The number of amides is 2. The molecule has 0 unspecified atom stereocenters. The lowest BCUT2D eigenvalue weighted by Gasteiger charge is -2.15. The van der Waals surface area contributed by atoms with Crippen LogP contribution in [0.2, 0.25) is 0 Å². The molecular formula is C17H18N4O2. The number of hydrazone groups is 1. The molecule has 0 bridgehead atoms. The fourth-order valence-electron chi connectivity index (χ4n) is 2.68. The van der Waals surface area contributed by atoms with Gasteiger partial charge >= 0.3 is 0 Å². The Hall–Kier alpha value is -2.89. The molecule has 3 rings (SSSR count). The van der Waals surface area contributed by atoms with E-state index in [2.05, 4.69) is 15.5 Å². The number of hydrogen-bond acceptors (Lipinski definition) is 3. The van der Waals surface area contributed by atoms with Crippen molar-refractivity contribution < 1.29 is 9.59 Å². The van der Waals surface area contributed by atoms with Crippen molar-refractivity contribution in [2.45, 2.75) is 12.3 Å². The monoisotopic (exact) mass is 310 g/mol. The highest BCUT2D eigenvalue weighted by Crippen LogP contribution is 2.27. The number of carbonyl (C=O) groups excluding carboxylic acids is 2. The summed E-state index contributed by atoms with van der Waals surface area (Å²) in [5.74, 6) is -0.142. The lowest BCUT2D eigenvalue weighted by molar-refractivity contribution is -0.133. The zero-order valence-electron chi connectivity index (χ0n) is 12.6. The van der Waals surface area contributed by atoms with E-state index in [1.165, 1.54) is 6.21 Å². The first-order valence-corrected chi connectivity index (χ1v) is 7.50. The van der Waals surface area contributed by atoms with E-state index in [0.29, 0.717) is 13.0 Å². The van der Waals surface area contributed by atoms with Gasteiger partial charge in [-0.1, -0.05) is 30.3 Å². The average molecular weight is 310 g/mol. The molecule has 0 spiro atoms. The van der Waals surface area contributed by atoms with E-state index in [-0.39, 0.29) is 24.3 Å². The molecule has 2 amide bonds. The summed E-state index contributed by atoms with van der Waals surface area (Å²) in [7, 11) is 0. The number of hydrogen-bond donors (Lipinski definition) is 2. The summed E-state index contributed by atoms with van der Waals surface area (Å²) < 4.78 is 0. The van der Waals surface area contributed by atoms with Crippen LogP contribution in [0.5, 0.6) is 0 Å². The molecule has 1 aromatic carbocycles. The number of aromatic amines is 1. The van der Waals surface area contributed by atoms with E-state index < -0.39 is 0 Å². The molecule has 6 heteroatoms. The van der Waals surface area contributed by atoms with E-state index in [1.54, 1.807) is 11.1 Å². The molecule has 0 radical (unpaired) electrons. The second kappa shape index (κ2) is 6.91. The van der Waals surface area contributed by atoms with E-state index in [1.807, 2.05) is 42.5 Å². The summed E-state index contributed by atoms with van der Waals surface area (Å²) in [5.41, 5.74) is 4.37. The summed E-state index contributed by atoms with van der Waals surface area (Å²) in [6, 6.07) is 13.6. The van der Waals surface area contributed by atoms with Crippen molar-refractivity contribution >= 4 is 18.0 Å². The predicted molar refractivity (Wildman–Crippen MR) is 86.9 cm³/mol. The van der Waals surface area contributed by atoms with Crippen molar-refractivity contribution in [1.82, 2.24) is 15.3 Å². The van der Waals surface area contributed by atoms with Crippen LogP contribution in [0.4, 0.5) is 0 Å². The van der Waals surface area contributed by atoms with Gasteiger partial charge in [-0.2, -0.15) is 5.10 Å². The summed E-state index contributed by atoms with van der Waals surface area (Å²) in [6.07, 6.45) is 3.75. The van der Waals surface area contributed by atoms with Gasteiger partial charge in [0.15, 0.2) is 0 Å². The second-order valence-corrected chi connectivity index (χ2v) is 5.50. The highest BCUT2D eigenvalue weighted by molar-refractivity contribution is 5.87. The SMILES string of the molecule is O=C(CN1C[C@H](c2ccccc2)CC1=O)N/N=C\c1ccc[nH]1. The van der Waals surface area contributed by atoms with Crippen LogP contribution in [0.3, 0.4) is 0 Å². The Morgan fingerprint density at radius 3 is 2.87 bits per heavy atom. The van der Waals surface area contributed by atoms with Gasteiger partial charge in [0.25, 0.3) is 5.91 Å². The Morgan fingerprint density at radius 1 is 1.30 bits per heavy atom. The minimum absolute atomic E-state index is 0.00218. The van der Waals surface area contributed by atoms with Gasteiger partial charge in [-0.15, -0.1) is 0 Å². The maximum atomic E-state index is 12.1. The minimum Gasteiger partial charge on any atom is -0.360 e. The van der Waals surface area contributed by atoms with E-state index >= 15 is 0 Å². The van der Waals surface area contributed by atoms with Crippen molar-refractivity contribution in [3.8, 4) is 0 Å². The molecule has 23 heavy (non-hydrogen) atoms. The number of carbonyl (C=O) groups is 2. The highest BCUT2D eigenvalue weighted by Gasteiger charge is 2.31. The molecule has 1 aliphatic rings. The number of nitrogens with one attached hydrogen (secondary N) is 2. The molecule has 118 valence electrons. The first-order chi connectivity index (χ1) is 11.2. The van der Waals surface area contributed by atoms with Gasteiger partial charge in [-0.25, -0.2) is 5.43 Å². The number of benzene rings is 1. The van der Waals surface area contributed by atoms with Crippen LogP contribution in [0, 0.1) is 0 Å². The highest BCUT2D eigenvalue weighted by atomic mass is 16.2. The third-order valence-corrected chi connectivity index (χ3v) is 3.83. The van der Waals surface area contributed by atoms with Gasteiger partial charge in [0.05, 0.1) is 11.9 Å². The normalized spacial score (nSPS) is 17.8. The lowest BCUT2D eigenvalue weighted by Crippen LogP contribution is -2.36. The van der Waals surface area contributed by atoms with Gasteiger partial charge in [0.1, 0.15) is 6.54 Å². The quantitative estimate of drug-likeness (QED) is 0.648. The molecule has 1 aromatic heterocycles. The molecule has 1 atom stereocenters. The third kappa shape index (κ3) is 3.85. The Balaban J connectivity index is 1.52. The number of nitrogens with zero attached hydrogens (tertiary/aromatic N) is 2. The number of aromatic nitrogens is 1. The van der Waals surface area contributed by atoms with Gasteiger partial charge < -0.3 is 9.88 Å². The molecule has 2 aromatic rings. The van der Waals surface area contributed by atoms with Crippen molar-refractivity contribution in [1.29, 1.82) is 0 Å². The number of likely N-dealkylation sites (tertiary alicyclic amines) is 1. The molecular weight excluding hydrogens is 292 g/mol. The smallest absolute Gasteiger partial charge is 0.259 e. The van der Waals surface area contributed by atoms with Crippen molar-refractivity contribution in [3.05, 3.63) is 59.9 Å². The van der Waals surface area contributed by atoms with Crippen molar-refractivity contribution in [2.75, 3.05) is 13.1 Å². The fraction of sp³-hybridized carbons (Fsp3) is 0.235. The lowest BCUT2D eigenvalue weighted by atomic mass is 9.99. The molecule has 1 saturated heterocycles. The average Bonchev–Trinajstić information content (AvgIpc) is 3.19. The van der Waals surface area contributed by atoms with Gasteiger partial charge in [0.2, 0.25) is 5.91 Å². The van der Waals surface area contributed by atoms with Crippen LogP contribution in [-0.4, -0.2) is 41.0 Å². The molecule has 0 saturated carbocycles. The van der Waals surface area contributed by atoms with E-state index in [0.717, 1.165) is 11.3 Å². The first-order valence-electron chi connectivity index (χ1n) is 7.50. The van der Waals surface area contributed by atoms with Crippen LogP contribution in [0.25, 0.3) is 0 Å². The Morgan fingerprint density at radius 2 is 2.13 bits per heavy atom. The molecule has 2 heterocycles. The Labute approximate surface area is 134 Å². The maximum absolute atomic E-state index is 12.1. The van der Waals surface area contributed by atoms with Crippen LogP contribution in [0.15, 0.2) is 53.8 Å². The Kier molecular flexibility index (Phi) is 4.52. The molecule has 1 aliphatic heterocycles. The summed E-state index contributed by atoms with van der Waals surface area (Å²) in [6.45, 7) is 0.598. The van der Waals surface area contributed by atoms with Gasteiger partial charge in [0, 0.05) is 25.1 Å². The van der Waals surface area contributed by atoms with Crippen LogP contribution >= 0.6 is 0 Å². The predicted octanol–water partition coefficient (Wildman–Crippen LogP) is 1.48. The third-order valence-electron chi connectivity index (χ3n) is 3.83. The largest absolute Gasteiger partial charge is 0.360 e. The molecule has 2 N–H and O–H groups in total. The number of rotatable bonds is 5. The molecule has 0 aliphatic carbocycles. The van der Waals surface area contributed by atoms with Crippen LogP contribution in [0.1, 0.15) is 23.6 Å². The van der Waals surface area contributed by atoms with Crippen molar-refractivity contribution in [2.24, 2.45) is 5.10 Å². The van der Waals surface area contributed by atoms with Gasteiger partial charge in [-0.05, 0) is 17.7 Å². The minimum atomic E-state index is -0.296. The van der Waals surface area contributed by atoms with Crippen molar-refractivity contribution in [3.63, 3.8) is 0 Å². The van der Waals surface area contributed by atoms with Gasteiger partial charge in [-0.3, -0.25) is 9.59 Å². The number of H-pyrrole nitrogens is 1. The van der Waals surface area contributed by atoms with Crippen LogP contribution in [-0.2, 0) is 9.59 Å². The maximum Gasteiger partial charge on any atom is 0.259 e. The summed E-state index contributed by atoms with van der Waals surface area (Å²) in [5, 5.41) is 3.86. The van der Waals surface area contributed by atoms with E-state index in [4.69, 9.17) is 0 Å². The summed E-state index contributed by atoms with van der Waals surface area (Å²) >= 11 is 0. The summed E-state index contributed by atoms with van der Waals surface area (Å²) in [4.78, 5) is 28.5. The molecule has 6 nitrogen and oxygen atoms in total. The molecule has 1 fully saturated rings.